The van der Waals surface area contributed by atoms with Crippen molar-refractivity contribution in [3.05, 3.63) is 29.8 Å². The summed E-state index contributed by atoms with van der Waals surface area (Å²) < 4.78 is 0. The van der Waals surface area contributed by atoms with Crippen molar-refractivity contribution in [1.82, 2.24) is 21.3 Å². The van der Waals surface area contributed by atoms with Crippen LogP contribution in [0.4, 0.5) is 0 Å². The van der Waals surface area contributed by atoms with E-state index in [0.29, 0.717) is 25.8 Å². The van der Waals surface area contributed by atoms with Crippen molar-refractivity contribution in [3.63, 3.8) is 0 Å². The SMILES string of the molecule is O=C(N[C@H]1CSSC[C@@H](C(=O)O)NC(=O)C2(CCCC2)CCNC1=O)C1NCC[C@H]1c1ccc(O)cc1. The molecule has 202 valence electrons. The predicted octanol–water partition coefficient (Wildman–Crippen LogP) is 1.35. The third-order valence-electron chi connectivity index (χ3n) is 7.56. The number of nitrogens with one attached hydrogen (secondary N) is 4. The van der Waals surface area contributed by atoms with Crippen LogP contribution >= 0.6 is 21.6 Å². The van der Waals surface area contributed by atoms with Gasteiger partial charge in [-0.25, -0.2) is 4.79 Å². The average molecular weight is 551 g/mol. The van der Waals surface area contributed by atoms with Crippen LogP contribution in [0, 0.1) is 5.41 Å². The van der Waals surface area contributed by atoms with Crippen LogP contribution in [0.1, 0.15) is 50.0 Å². The second kappa shape index (κ2) is 12.4. The molecule has 0 aromatic heterocycles. The number of amides is 3. The van der Waals surface area contributed by atoms with Crippen molar-refractivity contribution in [2.75, 3.05) is 24.6 Å². The summed E-state index contributed by atoms with van der Waals surface area (Å²) in [6.45, 7) is 0.927. The number of carboxylic acids is 1. The van der Waals surface area contributed by atoms with E-state index in [-0.39, 0.29) is 47.4 Å². The topological polar surface area (TPSA) is 157 Å². The van der Waals surface area contributed by atoms with Gasteiger partial charge in [0.05, 0.1) is 11.5 Å². The number of benzene rings is 1. The molecule has 3 fully saturated rings. The van der Waals surface area contributed by atoms with E-state index in [9.17, 15) is 29.4 Å². The van der Waals surface area contributed by atoms with Gasteiger partial charge in [-0.3, -0.25) is 14.4 Å². The van der Waals surface area contributed by atoms with Crippen molar-refractivity contribution in [1.29, 1.82) is 0 Å². The van der Waals surface area contributed by atoms with Crippen LogP contribution in [0.3, 0.4) is 0 Å². The molecule has 0 radical (unpaired) electrons. The normalized spacial score (nSPS) is 28.9. The van der Waals surface area contributed by atoms with E-state index >= 15 is 0 Å². The van der Waals surface area contributed by atoms with Crippen LogP contribution in [0.25, 0.3) is 0 Å². The zero-order valence-corrected chi connectivity index (χ0v) is 22.2. The van der Waals surface area contributed by atoms with Gasteiger partial charge in [0.1, 0.15) is 17.8 Å². The smallest absolute Gasteiger partial charge is 0.327 e. The second-order valence-electron chi connectivity index (χ2n) is 9.94. The fourth-order valence-corrected chi connectivity index (χ4v) is 7.73. The molecule has 12 heteroatoms. The summed E-state index contributed by atoms with van der Waals surface area (Å²) in [5.74, 6) is -1.46. The van der Waals surface area contributed by atoms with Gasteiger partial charge in [0.2, 0.25) is 17.7 Å². The molecule has 4 atom stereocenters. The molecule has 2 aliphatic heterocycles. The minimum absolute atomic E-state index is 0.0870. The van der Waals surface area contributed by atoms with Gasteiger partial charge < -0.3 is 31.5 Å². The molecular weight excluding hydrogens is 516 g/mol. The van der Waals surface area contributed by atoms with Crippen LogP contribution < -0.4 is 21.3 Å². The van der Waals surface area contributed by atoms with Crippen LogP contribution in [0.2, 0.25) is 0 Å². The standard InChI is InChI=1S/C25H34N4O6S2/c30-16-5-3-15(4-6-16)17-7-11-26-20(17)22(32)28-18-13-36-37-14-19(23(33)34)29-24(35)25(8-1-2-9-25)10-12-27-21(18)31/h3-6,17-20,26,30H,1-2,7-14H2,(H,27,31)(H,28,32)(H,29,35)(H,33,34)/t17-,18-,19-,20?/m0/s1. The average Bonchev–Trinajstić information content (AvgIpc) is 3.55. The number of phenolic OH excluding ortho intramolecular Hbond substituents is 1. The summed E-state index contributed by atoms with van der Waals surface area (Å²) in [4.78, 5) is 51.3. The van der Waals surface area contributed by atoms with E-state index < -0.39 is 29.5 Å². The van der Waals surface area contributed by atoms with Gasteiger partial charge in [-0.2, -0.15) is 0 Å². The Labute approximate surface area is 223 Å². The van der Waals surface area contributed by atoms with E-state index in [1.165, 1.54) is 21.6 Å². The maximum Gasteiger partial charge on any atom is 0.327 e. The molecule has 0 bridgehead atoms. The van der Waals surface area contributed by atoms with Crippen LogP contribution in [0.15, 0.2) is 24.3 Å². The van der Waals surface area contributed by atoms with Gasteiger partial charge in [0.15, 0.2) is 0 Å². The minimum atomic E-state index is -1.09. The first-order chi connectivity index (χ1) is 17.8. The lowest BCUT2D eigenvalue weighted by molar-refractivity contribution is -0.143. The van der Waals surface area contributed by atoms with Crippen LogP contribution in [0.5, 0.6) is 5.75 Å². The lowest BCUT2D eigenvalue weighted by atomic mass is 9.81. The number of rotatable bonds is 4. The molecule has 1 aliphatic carbocycles. The molecule has 1 spiro atoms. The summed E-state index contributed by atoms with van der Waals surface area (Å²) in [5, 5.41) is 31.0. The lowest BCUT2D eigenvalue weighted by Crippen LogP contribution is -2.54. The third kappa shape index (κ3) is 6.71. The summed E-state index contributed by atoms with van der Waals surface area (Å²) >= 11 is 0. The van der Waals surface area contributed by atoms with Gasteiger partial charge >= 0.3 is 5.97 Å². The van der Waals surface area contributed by atoms with Gasteiger partial charge in [-0.15, -0.1) is 0 Å². The van der Waals surface area contributed by atoms with E-state index in [0.717, 1.165) is 24.8 Å². The Balaban J connectivity index is 1.45. The van der Waals surface area contributed by atoms with Gasteiger partial charge in [0, 0.05) is 24.0 Å². The van der Waals surface area contributed by atoms with Crippen molar-refractivity contribution in [2.45, 2.75) is 62.6 Å². The molecule has 6 N–H and O–H groups in total. The molecule has 1 aromatic rings. The maximum atomic E-state index is 13.3. The number of carbonyl (C=O) groups is 4. The highest BCUT2D eigenvalue weighted by atomic mass is 33.1. The van der Waals surface area contributed by atoms with Crippen molar-refractivity contribution in [3.8, 4) is 5.75 Å². The van der Waals surface area contributed by atoms with E-state index in [1.54, 1.807) is 24.3 Å². The second-order valence-corrected chi connectivity index (χ2v) is 12.5. The van der Waals surface area contributed by atoms with Gasteiger partial charge in [0.25, 0.3) is 0 Å². The monoisotopic (exact) mass is 550 g/mol. The highest BCUT2D eigenvalue weighted by molar-refractivity contribution is 8.76. The predicted molar refractivity (Wildman–Crippen MR) is 142 cm³/mol. The first-order valence-electron chi connectivity index (χ1n) is 12.7. The number of phenols is 1. The van der Waals surface area contributed by atoms with Gasteiger partial charge in [-0.05, 0) is 49.9 Å². The molecule has 1 saturated carbocycles. The molecule has 3 amide bonds. The Kier molecular flexibility index (Phi) is 9.25. The number of hydrogen-bond donors (Lipinski definition) is 6. The Hall–Kier alpha value is -2.44. The molecule has 2 saturated heterocycles. The minimum Gasteiger partial charge on any atom is -0.508 e. The number of aromatic hydroxyl groups is 1. The zero-order chi connectivity index (χ0) is 26.4. The Morgan fingerprint density at radius 2 is 1.70 bits per heavy atom. The third-order valence-corrected chi connectivity index (χ3v) is 9.98. The molecule has 2 heterocycles. The maximum absolute atomic E-state index is 13.3. The molecule has 10 nitrogen and oxygen atoms in total. The number of carboxylic acid groups (broad SMARTS) is 1. The first kappa shape index (κ1) is 27.6. The fraction of sp³-hybridized carbons (Fsp3) is 0.600. The van der Waals surface area contributed by atoms with E-state index in [2.05, 4.69) is 21.3 Å². The molecule has 3 aliphatic rings. The Morgan fingerprint density at radius 1 is 1.00 bits per heavy atom. The highest BCUT2D eigenvalue weighted by Crippen LogP contribution is 2.41. The summed E-state index contributed by atoms with van der Waals surface area (Å²) in [5.41, 5.74) is 0.252. The summed E-state index contributed by atoms with van der Waals surface area (Å²) in [6, 6.07) is 4.46. The van der Waals surface area contributed by atoms with Gasteiger partial charge in [-0.1, -0.05) is 46.6 Å². The molecule has 1 unspecified atom stereocenters. The summed E-state index contributed by atoms with van der Waals surface area (Å²) in [7, 11) is 2.55. The van der Waals surface area contributed by atoms with Crippen molar-refractivity contribution >= 4 is 45.3 Å². The fourth-order valence-electron chi connectivity index (χ4n) is 5.41. The van der Waals surface area contributed by atoms with Crippen molar-refractivity contribution in [2.24, 2.45) is 5.41 Å². The van der Waals surface area contributed by atoms with Crippen LogP contribution in [-0.2, 0) is 19.2 Å². The number of aliphatic carboxylic acids is 1. The van der Waals surface area contributed by atoms with Crippen LogP contribution in [-0.4, -0.2) is 76.6 Å². The molecule has 1 aromatic carbocycles. The zero-order valence-electron chi connectivity index (χ0n) is 20.5. The number of carbonyl (C=O) groups excluding carboxylic acids is 3. The molecule has 4 rings (SSSR count). The van der Waals surface area contributed by atoms with E-state index in [4.69, 9.17) is 0 Å². The number of hydrogen-bond acceptors (Lipinski definition) is 8. The van der Waals surface area contributed by atoms with E-state index in [1.807, 2.05) is 0 Å². The first-order valence-corrected chi connectivity index (χ1v) is 15.2. The Bertz CT molecular complexity index is 1000. The summed E-state index contributed by atoms with van der Waals surface area (Å²) in [6.07, 6.45) is 4.27. The molecule has 37 heavy (non-hydrogen) atoms. The van der Waals surface area contributed by atoms with Crippen molar-refractivity contribution < 1.29 is 29.4 Å². The largest absolute Gasteiger partial charge is 0.508 e. The lowest BCUT2D eigenvalue weighted by Gasteiger charge is -2.29. The quantitative estimate of drug-likeness (QED) is 0.305. The molecular formula is C25H34N4O6S2. The Morgan fingerprint density at radius 3 is 2.41 bits per heavy atom. The highest BCUT2D eigenvalue weighted by Gasteiger charge is 2.42.